The van der Waals surface area contributed by atoms with Crippen molar-refractivity contribution in [3.63, 3.8) is 0 Å². The van der Waals surface area contributed by atoms with E-state index >= 15 is 0 Å². The second-order valence-electron chi connectivity index (χ2n) is 9.42. The molecule has 1 atom stereocenters. The Morgan fingerprint density at radius 2 is 1.77 bits per heavy atom. The van der Waals surface area contributed by atoms with Crippen LogP contribution in [0, 0.1) is 0 Å². The number of likely N-dealkylation sites (tertiary alicyclic amines) is 1. The van der Waals surface area contributed by atoms with Crippen LogP contribution >= 0.6 is 0 Å². The Hall–Kier alpha value is -4.54. The Kier molecular flexibility index (Phi) is 9.26. The van der Waals surface area contributed by atoms with Crippen molar-refractivity contribution in [2.45, 2.75) is 45.3 Å². The van der Waals surface area contributed by atoms with Crippen LogP contribution in [0.1, 0.15) is 47.9 Å². The number of carbonyl (C=O) groups is 2. The largest absolute Gasteiger partial charge is 0.494 e. The van der Waals surface area contributed by atoms with Crippen LogP contribution in [-0.2, 0) is 17.8 Å². The number of aromatic hydroxyl groups is 1. The minimum Gasteiger partial charge on any atom is -0.494 e. The molecule has 2 N–H and O–H groups in total. The minimum absolute atomic E-state index is 0.123. The molecule has 1 fully saturated rings. The molecule has 0 saturated carbocycles. The number of unbranched alkanes of at least 4 members (excludes halogenated alkanes) is 1. The first-order valence-electron chi connectivity index (χ1n) is 13.2. The van der Waals surface area contributed by atoms with Gasteiger partial charge in [-0.1, -0.05) is 49.7 Å². The maximum atomic E-state index is 13.6. The lowest BCUT2D eigenvalue weighted by Gasteiger charge is -2.22. The second-order valence-corrected chi connectivity index (χ2v) is 9.42. The number of aryl methyl sites for hydroxylation is 1. The third kappa shape index (κ3) is 6.19. The van der Waals surface area contributed by atoms with Gasteiger partial charge in [-0.25, -0.2) is 4.79 Å². The van der Waals surface area contributed by atoms with Gasteiger partial charge in [-0.2, -0.15) is 4.98 Å². The first-order valence-corrected chi connectivity index (χ1v) is 13.2. The Labute approximate surface area is 232 Å². The summed E-state index contributed by atoms with van der Waals surface area (Å²) in [6.45, 7) is 2.54. The summed E-state index contributed by atoms with van der Waals surface area (Å²) in [5.74, 6) is -0.198. The van der Waals surface area contributed by atoms with E-state index in [1.807, 2.05) is 37.3 Å². The number of amides is 2. The molecular weight excluding hydrogens is 516 g/mol. The summed E-state index contributed by atoms with van der Waals surface area (Å²) in [6.07, 6.45) is 1.78. The average Bonchev–Trinajstić information content (AvgIpc) is 3.43. The summed E-state index contributed by atoms with van der Waals surface area (Å²) in [4.78, 5) is 44.6. The number of methoxy groups -OCH3 is 2. The Morgan fingerprint density at radius 3 is 2.42 bits per heavy atom. The normalized spacial score (nSPS) is 14.6. The lowest BCUT2D eigenvalue weighted by molar-refractivity contribution is 0.0780. The zero-order chi connectivity index (χ0) is 28.6. The molecule has 0 unspecified atom stereocenters. The molecule has 11 nitrogen and oxygen atoms in total. The highest BCUT2D eigenvalue weighted by Crippen LogP contribution is 2.36. The Morgan fingerprint density at radius 1 is 1.07 bits per heavy atom. The SMILES string of the molecule is CCCCc1nc(=O)c(C(=O)N2CC[C@@H](NC(=O)OCc3ccccc3)C2)c(O)n1-c1c(OC)cccc1OC. The number of hydrogen-bond donors (Lipinski definition) is 2. The molecule has 1 aliphatic rings. The molecule has 2 amide bonds. The monoisotopic (exact) mass is 550 g/mol. The zero-order valence-electron chi connectivity index (χ0n) is 22.9. The van der Waals surface area contributed by atoms with Crippen molar-refractivity contribution in [1.82, 2.24) is 19.8 Å². The van der Waals surface area contributed by atoms with Gasteiger partial charge >= 0.3 is 6.09 Å². The summed E-state index contributed by atoms with van der Waals surface area (Å²) in [5, 5.41) is 14.2. The number of para-hydroxylation sites is 1. The van der Waals surface area contributed by atoms with Crippen molar-refractivity contribution >= 4 is 12.0 Å². The highest BCUT2D eigenvalue weighted by Gasteiger charge is 2.33. The minimum atomic E-state index is -0.822. The highest BCUT2D eigenvalue weighted by atomic mass is 16.5. The predicted octanol–water partition coefficient (Wildman–Crippen LogP) is 3.44. The molecule has 2 heterocycles. The van der Waals surface area contributed by atoms with Gasteiger partial charge in [-0.15, -0.1) is 0 Å². The van der Waals surface area contributed by atoms with Gasteiger partial charge in [-0.05, 0) is 30.5 Å². The van der Waals surface area contributed by atoms with E-state index in [1.54, 1.807) is 18.2 Å². The van der Waals surface area contributed by atoms with Crippen LogP contribution in [0.3, 0.4) is 0 Å². The van der Waals surface area contributed by atoms with E-state index in [-0.39, 0.29) is 31.6 Å². The first kappa shape index (κ1) is 28.5. The molecule has 11 heteroatoms. The molecule has 4 rings (SSSR count). The summed E-state index contributed by atoms with van der Waals surface area (Å²) in [7, 11) is 2.95. The number of hydrogen-bond acceptors (Lipinski definition) is 8. The summed E-state index contributed by atoms with van der Waals surface area (Å²) < 4.78 is 17.7. The quantitative estimate of drug-likeness (QED) is 0.392. The maximum Gasteiger partial charge on any atom is 0.407 e. The van der Waals surface area contributed by atoms with Gasteiger partial charge in [0.25, 0.3) is 11.5 Å². The highest BCUT2D eigenvalue weighted by molar-refractivity contribution is 5.96. The number of benzene rings is 2. The van der Waals surface area contributed by atoms with Gasteiger partial charge in [-0.3, -0.25) is 14.2 Å². The van der Waals surface area contributed by atoms with Gasteiger partial charge in [0.15, 0.2) is 5.56 Å². The van der Waals surface area contributed by atoms with Gasteiger partial charge in [0.2, 0.25) is 5.88 Å². The van der Waals surface area contributed by atoms with Crippen LogP contribution in [-0.4, -0.2) is 64.9 Å². The number of ether oxygens (including phenoxy) is 3. The number of rotatable bonds is 10. The molecule has 2 aromatic carbocycles. The molecule has 1 aromatic heterocycles. The number of aromatic nitrogens is 2. The van der Waals surface area contributed by atoms with Crippen LogP contribution in [0.15, 0.2) is 53.3 Å². The fraction of sp³-hybridized carbons (Fsp3) is 0.379. The number of carbonyl (C=O) groups excluding carboxylic acids is 2. The molecule has 3 aromatic rings. The third-order valence-electron chi connectivity index (χ3n) is 6.74. The molecule has 0 spiro atoms. The van der Waals surface area contributed by atoms with E-state index in [9.17, 15) is 19.5 Å². The number of alkyl carbamates (subject to hydrolysis) is 1. The van der Waals surface area contributed by atoms with Crippen molar-refractivity contribution in [2.24, 2.45) is 0 Å². The van der Waals surface area contributed by atoms with Gasteiger partial charge in [0.05, 0.1) is 20.3 Å². The number of nitrogens with zero attached hydrogens (tertiary/aromatic N) is 3. The van der Waals surface area contributed by atoms with Gasteiger partial charge < -0.3 is 29.5 Å². The topological polar surface area (TPSA) is 132 Å². The van der Waals surface area contributed by atoms with E-state index in [0.717, 1.165) is 12.0 Å². The summed E-state index contributed by atoms with van der Waals surface area (Å²) >= 11 is 0. The smallest absolute Gasteiger partial charge is 0.407 e. The van der Waals surface area contributed by atoms with E-state index < -0.39 is 29.0 Å². The Balaban J connectivity index is 1.58. The summed E-state index contributed by atoms with van der Waals surface area (Å²) in [6, 6.07) is 14.0. The molecule has 1 aliphatic heterocycles. The third-order valence-corrected chi connectivity index (χ3v) is 6.74. The molecule has 0 aliphatic carbocycles. The molecule has 0 bridgehead atoms. The van der Waals surface area contributed by atoms with Crippen molar-refractivity contribution < 1.29 is 28.9 Å². The second kappa shape index (κ2) is 13.0. The van der Waals surface area contributed by atoms with Crippen molar-refractivity contribution in [3.8, 4) is 23.1 Å². The lowest BCUT2D eigenvalue weighted by Crippen LogP contribution is -2.40. The van der Waals surface area contributed by atoms with Crippen LogP contribution < -0.4 is 20.3 Å². The first-order chi connectivity index (χ1) is 19.4. The van der Waals surface area contributed by atoms with Crippen LogP contribution in [0.25, 0.3) is 5.69 Å². The van der Waals surface area contributed by atoms with E-state index in [0.29, 0.717) is 36.4 Å². The Bertz CT molecular complexity index is 1390. The molecule has 212 valence electrons. The molecule has 0 radical (unpaired) electrons. The molecular formula is C29H34N4O7. The zero-order valence-corrected chi connectivity index (χ0v) is 22.9. The van der Waals surface area contributed by atoms with Crippen LogP contribution in [0.5, 0.6) is 17.4 Å². The maximum absolute atomic E-state index is 13.6. The standard InChI is InChI=1S/C29H34N4O7/c1-4-5-14-23-31-26(34)24(28(36)33(23)25-21(38-2)12-9-13-22(25)39-3)27(35)32-16-15-20(17-32)30-29(37)40-18-19-10-7-6-8-11-19/h6-13,20,36H,4-5,14-18H2,1-3H3,(H,30,37)/t20-/m1/s1. The van der Waals surface area contributed by atoms with Gasteiger partial charge in [0.1, 0.15) is 29.6 Å². The molecule has 40 heavy (non-hydrogen) atoms. The van der Waals surface area contributed by atoms with Crippen LogP contribution in [0.4, 0.5) is 4.79 Å². The summed E-state index contributed by atoms with van der Waals surface area (Å²) in [5.41, 5.74) is -0.0909. The van der Waals surface area contributed by atoms with E-state index in [4.69, 9.17) is 14.2 Å². The van der Waals surface area contributed by atoms with E-state index in [1.165, 1.54) is 23.7 Å². The average molecular weight is 551 g/mol. The van der Waals surface area contributed by atoms with Gasteiger partial charge in [0, 0.05) is 19.5 Å². The number of nitrogens with one attached hydrogen (secondary N) is 1. The van der Waals surface area contributed by atoms with Crippen molar-refractivity contribution in [2.75, 3.05) is 27.3 Å². The van der Waals surface area contributed by atoms with Crippen LogP contribution in [0.2, 0.25) is 0 Å². The molecule has 1 saturated heterocycles. The predicted molar refractivity (Wildman–Crippen MR) is 147 cm³/mol. The lowest BCUT2D eigenvalue weighted by atomic mass is 10.2. The van der Waals surface area contributed by atoms with E-state index in [2.05, 4.69) is 10.3 Å². The fourth-order valence-corrected chi connectivity index (χ4v) is 4.68. The fourth-order valence-electron chi connectivity index (χ4n) is 4.68. The van der Waals surface area contributed by atoms with Crippen molar-refractivity contribution in [3.05, 3.63) is 75.8 Å². The van der Waals surface area contributed by atoms with Crippen molar-refractivity contribution in [1.29, 1.82) is 0 Å².